The van der Waals surface area contributed by atoms with E-state index in [0.29, 0.717) is 0 Å². The number of ether oxygens (including phenoxy) is 1. The maximum absolute atomic E-state index is 12.0. The highest BCUT2D eigenvalue weighted by atomic mass is 35.5. The van der Waals surface area contributed by atoms with E-state index >= 15 is 0 Å². The number of benzene rings is 1. The Labute approximate surface area is 100 Å². The normalized spacial score (nSPS) is 11.3. The van der Waals surface area contributed by atoms with E-state index in [4.69, 9.17) is 17.3 Å². The first-order valence-corrected chi connectivity index (χ1v) is 5.11. The Kier molecular flexibility index (Phi) is 4.22. The molecule has 1 aromatic carbocycles. The van der Waals surface area contributed by atoms with Gasteiger partial charge in [-0.15, -0.1) is 24.8 Å². The van der Waals surface area contributed by atoms with E-state index in [9.17, 15) is 18.0 Å². The van der Waals surface area contributed by atoms with Gasteiger partial charge in [0, 0.05) is 23.6 Å². The Morgan fingerprint density at radius 1 is 1.41 bits per heavy atom. The van der Waals surface area contributed by atoms with Gasteiger partial charge in [-0.3, -0.25) is 4.79 Å². The Morgan fingerprint density at radius 2 is 2.06 bits per heavy atom. The van der Waals surface area contributed by atoms with Crippen LogP contribution in [0.3, 0.4) is 0 Å². The van der Waals surface area contributed by atoms with E-state index in [-0.39, 0.29) is 23.6 Å². The summed E-state index contributed by atoms with van der Waals surface area (Å²) in [5, 5.41) is 0. The van der Waals surface area contributed by atoms with Crippen LogP contribution >= 0.6 is 11.6 Å². The standard InChI is InChI=1S/C10H9ClF3NO2/c11-4-3-9(16)7-5-6(1-2-8(7)15)17-10(12,13)14/h1-2,5H,3-4,15H2. The average molecular weight is 268 g/mol. The zero-order valence-electron chi connectivity index (χ0n) is 8.55. The monoisotopic (exact) mass is 267 g/mol. The van der Waals surface area contributed by atoms with Crippen molar-refractivity contribution in [2.45, 2.75) is 12.8 Å². The van der Waals surface area contributed by atoms with Gasteiger partial charge in [0.1, 0.15) is 5.75 Å². The van der Waals surface area contributed by atoms with E-state index < -0.39 is 17.9 Å². The fourth-order valence-electron chi connectivity index (χ4n) is 1.19. The van der Waals surface area contributed by atoms with Crippen molar-refractivity contribution in [3.63, 3.8) is 0 Å². The molecule has 0 atom stereocenters. The third-order valence-electron chi connectivity index (χ3n) is 1.88. The lowest BCUT2D eigenvalue weighted by Gasteiger charge is -2.11. The quantitative estimate of drug-likeness (QED) is 0.518. The molecule has 1 aromatic rings. The number of anilines is 1. The van der Waals surface area contributed by atoms with Crippen LogP contribution in [0, 0.1) is 0 Å². The molecule has 0 radical (unpaired) electrons. The first-order valence-electron chi connectivity index (χ1n) is 4.58. The summed E-state index contributed by atoms with van der Waals surface area (Å²) in [7, 11) is 0. The molecule has 94 valence electrons. The van der Waals surface area contributed by atoms with Crippen molar-refractivity contribution in [3.8, 4) is 5.75 Å². The number of nitrogens with two attached hydrogens (primary N) is 1. The third kappa shape index (κ3) is 4.14. The SMILES string of the molecule is Nc1ccc(OC(F)(F)F)cc1C(=O)CCCl. The molecule has 3 nitrogen and oxygen atoms in total. The minimum Gasteiger partial charge on any atom is -0.406 e. The van der Waals surface area contributed by atoms with Crippen LogP contribution in [0.4, 0.5) is 18.9 Å². The van der Waals surface area contributed by atoms with Crippen molar-refractivity contribution in [2.24, 2.45) is 0 Å². The minimum absolute atomic E-state index is 0.00122. The molecule has 0 aliphatic carbocycles. The molecule has 0 aliphatic heterocycles. The zero-order valence-corrected chi connectivity index (χ0v) is 9.31. The molecule has 0 spiro atoms. The van der Waals surface area contributed by atoms with Gasteiger partial charge in [-0.1, -0.05) is 0 Å². The minimum atomic E-state index is -4.80. The Morgan fingerprint density at radius 3 is 2.59 bits per heavy atom. The van der Waals surface area contributed by atoms with Gasteiger partial charge in [0.2, 0.25) is 0 Å². The fourth-order valence-corrected chi connectivity index (χ4v) is 1.37. The number of rotatable bonds is 4. The van der Waals surface area contributed by atoms with Gasteiger partial charge < -0.3 is 10.5 Å². The van der Waals surface area contributed by atoms with Gasteiger partial charge in [-0.05, 0) is 18.2 Å². The van der Waals surface area contributed by atoms with Crippen LogP contribution in [0.25, 0.3) is 0 Å². The predicted octanol–water partition coefficient (Wildman–Crippen LogP) is 2.98. The molecule has 0 amide bonds. The zero-order chi connectivity index (χ0) is 13.1. The van der Waals surface area contributed by atoms with Crippen molar-refractivity contribution >= 4 is 23.1 Å². The molecule has 0 unspecified atom stereocenters. The molecule has 0 bridgehead atoms. The molecule has 7 heteroatoms. The summed E-state index contributed by atoms with van der Waals surface area (Å²) in [6, 6.07) is 3.18. The molecule has 2 N–H and O–H groups in total. The Bertz CT molecular complexity index is 421. The third-order valence-corrected chi connectivity index (χ3v) is 2.07. The molecule has 0 heterocycles. The summed E-state index contributed by atoms with van der Waals surface area (Å²) in [4.78, 5) is 11.5. The molecule has 1 rings (SSSR count). The molecular formula is C10H9ClF3NO2. The number of Topliss-reactive ketones (excluding diaryl/α,β-unsaturated/α-hetero) is 1. The highest BCUT2D eigenvalue weighted by Gasteiger charge is 2.31. The number of ketones is 1. The highest BCUT2D eigenvalue weighted by molar-refractivity contribution is 6.19. The first kappa shape index (κ1) is 13.6. The maximum atomic E-state index is 12.0. The molecule has 0 aromatic heterocycles. The number of nitrogen functional groups attached to an aromatic ring is 1. The first-order chi connectivity index (χ1) is 7.83. The van der Waals surface area contributed by atoms with Gasteiger partial charge in [-0.25, -0.2) is 0 Å². The van der Waals surface area contributed by atoms with Crippen LogP contribution < -0.4 is 10.5 Å². The maximum Gasteiger partial charge on any atom is 0.573 e. The fraction of sp³-hybridized carbons (Fsp3) is 0.300. The lowest BCUT2D eigenvalue weighted by molar-refractivity contribution is -0.274. The van der Waals surface area contributed by atoms with Gasteiger partial charge in [-0.2, -0.15) is 0 Å². The second kappa shape index (κ2) is 5.27. The molecule has 0 saturated heterocycles. The van der Waals surface area contributed by atoms with E-state index in [2.05, 4.69) is 4.74 Å². The topological polar surface area (TPSA) is 52.3 Å². The Balaban J connectivity index is 2.98. The van der Waals surface area contributed by atoms with Gasteiger partial charge in [0.15, 0.2) is 5.78 Å². The van der Waals surface area contributed by atoms with E-state index in [1.807, 2.05) is 0 Å². The summed E-state index contributed by atoms with van der Waals surface area (Å²) in [5.41, 5.74) is 5.56. The van der Waals surface area contributed by atoms with E-state index in [0.717, 1.165) is 12.1 Å². The smallest absolute Gasteiger partial charge is 0.406 e. The van der Waals surface area contributed by atoms with Crippen LogP contribution in [0.1, 0.15) is 16.8 Å². The van der Waals surface area contributed by atoms with Crippen LogP contribution in [0.15, 0.2) is 18.2 Å². The average Bonchev–Trinajstić information content (AvgIpc) is 2.19. The van der Waals surface area contributed by atoms with Crippen molar-refractivity contribution < 1.29 is 22.7 Å². The van der Waals surface area contributed by atoms with Crippen molar-refractivity contribution in [3.05, 3.63) is 23.8 Å². The number of alkyl halides is 4. The molecular weight excluding hydrogens is 259 g/mol. The summed E-state index contributed by atoms with van der Waals surface area (Å²) < 4.78 is 39.6. The van der Waals surface area contributed by atoms with E-state index in [1.54, 1.807) is 0 Å². The van der Waals surface area contributed by atoms with Crippen molar-refractivity contribution in [1.29, 1.82) is 0 Å². The Hall–Kier alpha value is -1.43. The molecule has 0 aliphatic rings. The number of carbonyl (C=O) groups is 1. The molecule has 0 fully saturated rings. The van der Waals surface area contributed by atoms with Crippen molar-refractivity contribution in [1.82, 2.24) is 0 Å². The summed E-state index contributed by atoms with van der Waals surface area (Å²) in [6.45, 7) is 0. The van der Waals surface area contributed by atoms with Crippen LogP contribution in [-0.4, -0.2) is 18.0 Å². The number of halogens is 4. The second-order valence-electron chi connectivity index (χ2n) is 3.16. The molecule has 0 saturated carbocycles. The van der Waals surface area contributed by atoms with Gasteiger partial charge >= 0.3 is 6.36 Å². The lowest BCUT2D eigenvalue weighted by atomic mass is 10.1. The van der Waals surface area contributed by atoms with E-state index in [1.165, 1.54) is 6.07 Å². The summed E-state index contributed by atoms with van der Waals surface area (Å²) in [5.74, 6) is -0.836. The second-order valence-corrected chi connectivity index (χ2v) is 3.54. The molecule has 17 heavy (non-hydrogen) atoms. The van der Waals surface area contributed by atoms with Crippen LogP contribution in [0.2, 0.25) is 0 Å². The number of hydrogen-bond donors (Lipinski definition) is 1. The number of carbonyl (C=O) groups excluding carboxylic acids is 1. The van der Waals surface area contributed by atoms with Crippen molar-refractivity contribution in [2.75, 3.05) is 11.6 Å². The number of hydrogen-bond acceptors (Lipinski definition) is 3. The highest BCUT2D eigenvalue weighted by Crippen LogP contribution is 2.26. The van der Waals surface area contributed by atoms with Gasteiger partial charge in [0.25, 0.3) is 0 Å². The van der Waals surface area contributed by atoms with Gasteiger partial charge in [0.05, 0.1) is 0 Å². The summed E-state index contributed by atoms with van der Waals surface area (Å²) >= 11 is 5.37. The van der Waals surface area contributed by atoms with Crippen LogP contribution in [0.5, 0.6) is 5.75 Å². The predicted molar refractivity (Wildman–Crippen MR) is 57.2 cm³/mol. The summed E-state index contributed by atoms with van der Waals surface area (Å²) in [6.07, 6.45) is -4.80. The van der Waals surface area contributed by atoms with Crippen LogP contribution in [-0.2, 0) is 0 Å². The largest absolute Gasteiger partial charge is 0.573 e. The lowest BCUT2D eigenvalue weighted by Crippen LogP contribution is -2.17.